The molecule has 0 heterocycles. The first-order chi connectivity index (χ1) is 10.8. The van der Waals surface area contributed by atoms with Crippen LogP contribution in [0.25, 0.3) is 0 Å². The predicted molar refractivity (Wildman–Crippen MR) is 80.9 cm³/mol. The molecule has 0 spiro atoms. The Bertz CT molecular complexity index is 389. The maximum atomic E-state index is 11.4. The lowest BCUT2D eigenvalue weighted by molar-refractivity contribution is 0.0344. The van der Waals surface area contributed by atoms with Gasteiger partial charge >= 0.3 is 6.03 Å². The summed E-state index contributed by atoms with van der Waals surface area (Å²) in [6.07, 6.45) is 0. The van der Waals surface area contributed by atoms with E-state index in [1.54, 1.807) is 12.1 Å². The van der Waals surface area contributed by atoms with Gasteiger partial charge in [0.25, 0.3) is 0 Å². The number of carbonyl (C=O) groups is 1. The number of urea groups is 1. The van der Waals surface area contributed by atoms with Gasteiger partial charge in [0.15, 0.2) is 0 Å². The van der Waals surface area contributed by atoms with Crippen LogP contribution in [0.3, 0.4) is 0 Å². The second-order valence-corrected chi connectivity index (χ2v) is 4.22. The molecule has 1 rings (SSSR count). The van der Waals surface area contributed by atoms with Gasteiger partial charge in [-0.25, -0.2) is 4.79 Å². The van der Waals surface area contributed by atoms with Gasteiger partial charge in [-0.05, 0) is 18.2 Å². The third-order valence-corrected chi connectivity index (χ3v) is 2.48. The molecule has 1 radical (unpaired) electrons. The summed E-state index contributed by atoms with van der Waals surface area (Å²) in [6, 6.07) is 9.79. The second kappa shape index (κ2) is 12.9. The highest BCUT2D eigenvalue weighted by atomic mass is 16.5. The summed E-state index contributed by atoms with van der Waals surface area (Å²) in [6.45, 7) is 2.83. The van der Waals surface area contributed by atoms with E-state index in [1.165, 1.54) is 0 Å². The van der Waals surface area contributed by atoms with E-state index >= 15 is 0 Å². The van der Waals surface area contributed by atoms with E-state index in [1.807, 2.05) is 12.1 Å². The van der Waals surface area contributed by atoms with Gasteiger partial charge in [-0.3, -0.25) is 0 Å². The maximum absolute atomic E-state index is 11.4. The Labute approximate surface area is 130 Å². The van der Waals surface area contributed by atoms with Crippen molar-refractivity contribution in [2.24, 2.45) is 0 Å². The molecule has 0 saturated carbocycles. The molecular weight excluding hydrogens is 288 g/mol. The zero-order valence-electron chi connectivity index (χ0n) is 12.5. The average molecular weight is 311 g/mol. The lowest BCUT2D eigenvalue weighted by atomic mass is 10.3. The van der Waals surface area contributed by atoms with Crippen LogP contribution in [-0.2, 0) is 9.47 Å². The molecular formula is C15H23N2O5. The first-order valence-electron chi connectivity index (χ1n) is 7.20. The van der Waals surface area contributed by atoms with Crippen molar-refractivity contribution >= 4 is 6.03 Å². The molecule has 0 saturated heterocycles. The van der Waals surface area contributed by atoms with Crippen LogP contribution in [0, 0.1) is 6.07 Å². The van der Waals surface area contributed by atoms with Crippen LogP contribution >= 0.6 is 0 Å². The van der Waals surface area contributed by atoms with E-state index < -0.39 is 0 Å². The number of hydrogen-bond acceptors (Lipinski definition) is 5. The fourth-order valence-corrected chi connectivity index (χ4v) is 1.49. The number of benzene rings is 1. The van der Waals surface area contributed by atoms with Crippen molar-refractivity contribution in [2.45, 2.75) is 0 Å². The monoisotopic (exact) mass is 311 g/mol. The minimum absolute atomic E-state index is 0.00809. The van der Waals surface area contributed by atoms with Crippen molar-refractivity contribution in [3.8, 4) is 5.75 Å². The molecule has 22 heavy (non-hydrogen) atoms. The van der Waals surface area contributed by atoms with Gasteiger partial charge in [-0.15, -0.1) is 0 Å². The topological polar surface area (TPSA) is 89.1 Å². The molecule has 0 atom stereocenters. The second-order valence-electron chi connectivity index (χ2n) is 4.22. The van der Waals surface area contributed by atoms with Gasteiger partial charge in [0.2, 0.25) is 0 Å². The Kier molecular flexibility index (Phi) is 10.7. The van der Waals surface area contributed by atoms with Gasteiger partial charge in [-0.2, -0.15) is 0 Å². The number of amides is 2. The van der Waals surface area contributed by atoms with Crippen molar-refractivity contribution in [3.63, 3.8) is 0 Å². The highest BCUT2D eigenvalue weighted by Gasteiger charge is 1.99. The van der Waals surface area contributed by atoms with Crippen LogP contribution in [0.4, 0.5) is 4.79 Å². The molecule has 0 aliphatic heterocycles. The van der Waals surface area contributed by atoms with Crippen molar-refractivity contribution in [1.29, 1.82) is 0 Å². The quantitative estimate of drug-likeness (QED) is 0.480. The van der Waals surface area contributed by atoms with Crippen molar-refractivity contribution < 1.29 is 24.1 Å². The summed E-state index contributed by atoms with van der Waals surface area (Å²) in [5, 5.41) is 13.8. The van der Waals surface area contributed by atoms with Gasteiger partial charge in [0.05, 0.1) is 39.6 Å². The summed E-state index contributed by atoms with van der Waals surface area (Å²) in [7, 11) is 0. The molecule has 7 heteroatoms. The molecule has 1 aromatic rings. The summed E-state index contributed by atoms with van der Waals surface area (Å²) >= 11 is 0. The molecule has 0 bridgehead atoms. The van der Waals surface area contributed by atoms with E-state index in [2.05, 4.69) is 16.7 Å². The van der Waals surface area contributed by atoms with Gasteiger partial charge in [0, 0.05) is 6.54 Å². The van der Waals surface area contributed by atoms with Gasteiger partial charge in [-0.1, -0.05) is 12.1 Å². The normalized spacial score (nSPS) is 10.2. The van der Waals surface area contributed by atoms with Crippen molar-refractivity contribution in [1.82, 2.24) is 10.6 Å². The summed E-state index contributed by atoms with van der Waals surface area (Å²) < 4.78 is 15.7. The minimum Gasteiger partial charge on any atom is -0.492 e. The Morgan fingerprint density at radius 2 is 1.64 bits per heavy atom. The van der Waals surface area contributed by atoms with Crippen LogP contribution in [0.5, 0.6) is 5.75 Å². The Morgan fingerprint density at radius 3 is 2.32 bits per heavy atom. The molecule has 3 N–H and O–H groups in total. The number of aliphatic hydroxyl groups is 1. The standard InChI is InChI=1S/C15H23N2O5/c18-8-11-21-13-12-20-9-6-16-15(19)17-7-10-22-14-4-2-1-3-5-14/h2-5,18H,6-13H2,(H2,16,17,19). The summed E-state index contributed by atoms with van der Waals surface area (Å²) in [5.74, 6) is 0.748. The third-order valence-electron chi connectivity index (χ3n) is 2.48. The molecule has 0 fully saturated rings. The highest BCUT2D eigenvalue weighted by molar-refractivity contribution is 5.73. The number of carbonyl (C=O) groups excluding carboxylic acids is 1. The molecule has 123 valence electrons. The molecule has 0 aromatic heterocycles. The lowest BCUT2D eigenvalue weighted by Crippen LogP contribution is -2.39. The van der Waals surface area contributed by atoms with Crippen molar-refractivity contribution in [3.05, 3.63) is 30.3 Å². The smallest absolute Gasteiger partial charge is 0.314 e. The molecule has 2 amide bonds. The number of rotatable bonds is 12. The number of ether oxygens (including phenoxy) is 3. The van der Waals surface area contributed by atoms with Crippen LogP contribution in [0.1, 0.15) is 0 Å². The lowest BCUT2D eigenvalue weighted by Gasteiger charge is -2.09. The average Bonchev–Trinajstić information content (AvgIpc) is 2.55. The number of nitrogens with one attached hydrogen (secondary N) is 2. The zero-order chi connectivity index (χ0) is 15.9. The van der Waals surface area contributed by atoms with Gasteiger partial charge in [0.1, 0.15) is 12.4 Å². The molecule has 7 nitrogen and oxygen atoms in total. The summed E-state index contributed by atoms with van der Waals surface area (Å²) in [5.41, 5.74) is 0. The fourth-order valence-electron chi connectivity index (χ4n) is 1.49. The van der Waals surface area contributed by atoms with Crippen molar-refractivity contribution in [2.75, 3.05) is 52.7 Å². The van der Waals surface area contributed by atoms with Crippen LogP contribution < -0.4 is 15.4 Å². The van der Waals surface area contributed by atoms with E-state index in [-0.39, 0.29) is 12.6 Å². The van der Waals surface area contributed by atoms with Crippen LogP contribution in [-0.4, -0.2) is 63.9 Å². The van der Waals surface area contributed by atoms with Gasteiger partial charge < -0.3 is 30.0 Å². The fraction of sp³-hybridized carbons (Fsp3) is 0.533. The first-order valence-corrected chi connectivity index (χ1v) is 7.20. The molecule has 0 aliphatic rings. The van der Waals surface area contributed by atoms with E-state index in [4.69, 9.17) is 19.3 Å². The number of hydrogen-bond donors (Lipinski definition) is 3. The zero-order valence-corrected chi connectivity index (χ0v) is 12.5. The molecule has 0 aliphatic carbocycles. The third kappa shape index (κ3) is 9.98. The van der Waals surface area contributed by atoms with E-state index in [9.17, 15) is 4.79 Å². The largest absolute Gasteiger partial charge is 0.492 e. The first kappa shape index (κ1) is 18.2. The SMILES string of the molecule is O=C(NCCOCCOCCO)NCCOc1cc[c]cc1. The summed E-state index contributed by atoms with van der Waals surface area (Å²) in [4.78, 5) is 11.4. The van der Waals surface area contributed by atoms with E-state index in [0.717, 1.165) is 5.75 Å². The highest BCUT2D eigenvalue weighted by Crippen LogP contribution is 2.06. The minimum atomic E-state index is -0.259. The van der Waals surface area contributed by atoms with E-state index in [0.29, 0.717) is 46.1 Å². The molecule has 0 unspecified atom stereocenters. The number of aliphatic hydroxyl groups excluding tert-OH is 1. The van der Waals surface area contributed by atoms with Crippen LogP contribution in [0.2, 0.25) is 0 Å². The Balaban J connectivity index is 1.87. The Hall–Kier alpha value is -1.83. The maximum Gasteiger partial charge on any atom is 0.314 e. The molecule has 1 aromatic carbocycles. The van der Waals surface area contributed by atoms with Crippen LogP contribution in [0.15, 0.2) is 24.3 Å². The Morgan fingerprint density at radius 1 is 1.00 bits per heavy atom. The predicted octanol–water partition coefficient (Wildman–Crippen LogP) is 0.190.